The van der Waals surface area contributed by atoms with Gasteiger partial charge in [-0.1, -0.05) is 6.07 Å². The summed E-state index contributed by atoms with van der Waals surface area (Å²) >= 11 is 0. The zero-order valence-corrected chi connectivity index (χ0v) is 12.0. The fourth-order valence-electron chi connectivity index (χ4n) is 1.96. The van der Waals surface area contributed by atoms with Gasteiger partial charge in [-0.3, -0.25) is 4.79 Å². The van der Waals surface area contributed by atoms with Gasteiger partial charge < -0.3 is 10.1 Å². The molecule has 1 aromatic heterocycles. The number of rotatable bonds is 5. The van der Waals surface area contributed by atoms with E-state index in [0.717, 1.165) is 16.9 Å². The summed E-state index contributed by atoms with van der Waals surface area (Å²) in [5.41, 5.74) is 2.71. The van der Waals surface area contributed by atoms with Gasteiger partial charge in [-0.15, -0.1) is 0 Å². The summed E-state index contributed by atoms with van der Waals surface area (Å²) in [6.07, 6.45) is 1.73. The Balaban J connectivity index is 1.99. The molecule has 106 valence electrons. The number of hydrogen-bond donors (Lipinski definition) is 1. The Labute approximate surface area is 118 Å². The van der Waals surface area contributed by atoms with Crippen molar-refractivity contribution >= 4 is 5.91 Å². The predicted molar refractivity (Wildman–Crippen MR) is 76.8 cm³/mol. The number of benzene rings is 1. The second kappa shape index (κ2) is 6.23. The molecule has 20 heavy (non-hydrogen) atoms. The topological polar surface area (TPSA) is 56.2 Å². The third kappa shape index (κ3) is 3.60. The highest BCUT2D eigenvalue weighted by Gasteiger charge is 2.08. The average molecular weight is 273 g/mol. The Morgan fingerprint density at radius 3 is 2.65 bits per heavy atom. The predicted octanol–water partition coefficient (Wildman–Crippen LogP) is 2.29. The van der Waals surface area contributed by atoms with Crippen LogP contribution in [0.1, 0.15) is 28.5 Å². The van der Waals surface area contributed by atoms with Crippen LogP contribution in [0.2, 0.25) is 0 Å². The van der Waals surface area contributed by atoms with E-state index in [4.69, 9.17) is 4.74 Å². The second-order valence-corrected chi connectivity index (χ2v) is 4.70. The van der Waals surface area contributed by atoms with Gasteiger partial charge in [0.15, 0.2) is 6.73 Å². The maximum atomic E-state index is 11.6. The monoisotopic (exact) mass is 273 g/mol. The first-order valence-electron chi connectivity index (χ1n) is 6.61. The van der Waals surface area contributed by atoms with Gasteiger partial charge in [-0.25, -0.2) is 4.68 Å². The van der Waals surface area contributed by atoms with Crippen LogP contribution in [-0.4, -0.2) is 22.2 Å². The minimum absolute atomic E-state index is 0.169. The lowest BCUT2D eigenvalue weighted by Gasteiger charge is -2.08. The number of aromatic nitrogens is 2. The summed E-state index contributed by atoms with van der Waals surface area (Å²) < 4.78 is 7.27. The Morgan fingerprint density at radius 2 is 2.00 bits per heavy atom. The SMILES string of the molecule is CCNC(=O)c1ccn(COc2cc(C)cc(C)c2)n1. The van der Waals surface area contributed by atoms with E-state index in [1.165, 1.54) is 0 Å². The van der Waals surface area contributed by atoms with Crippen molar-refractivity contribution in [1.29, 1.82) is 0 Å². The third-order valence-electron chi connectivity index (χ3n) is 2.77. The van der Waals surface area contributed by atoms with Crippen molar-refractivity contribution in [2.24, 2.45) is 0 Å². The van der Waals surface area contributed by atoms with E-state index in [1.807, 2.05) is 32.9 Å². The maximum Gasteiger partial charge on any atom is 0.271 e. The fourth-order valence-corrected chi connectivity index (χ4v) is 1.96. The molecule has 1 heterocycles. The van der Waals surface area contributed by atoms with Crippen LogP contribution in [0.3, 0.4) is 0 Å². The number of nitrogens with zero attached hydrogens (tertiary/aromatic N) is 2. The van der Waals surface area contributed by atoms with Crippen LogP contribution in [-0.2, 0) is 6.73 Å². The molecule has 0 saturated carbocycles. The number of carbonyl (C=O) groups is 1. The van der Waals surface area contributed by atoms with E-state index in [-0.39, 0.29) is 12.6 Å². The summed E-state index contributed by atoms with van der Waals surface area (Å²) in [5, 5.41) is 6.88. The van der Waals surface area contributed by atoms with E-state index in [9.17, 15) is 4.79 Å². The second-order valence-electron chi connectivity index (χ2n) is 4.70. The lowest BCUT2D eigenvalue weighted by molar-refractivity contribution is 0.0949. The Kier molecular flexibility index (Phi) is 4.40. The molecule has 0 spiro atoms. The van der Waals surface area contributed by atoms with Gasteiger partial charge in [-0.2, -0.15) is 5.10 Å². The molecule has 0 aliphatic heterocycles. The lowest BCUT2D eigenvalue weighted by Crippen LogP contribution is -2.23. The van der Waals surface area contributed by atoms with Gasteiger partial charge in [0, 0.05) is 12.7 Å². The quantitative estimate of drug-likeness (QED) is 0.909. The normalized spacial score (nSPS) is 10.3. The van der Waals surface area contributed by atoms with E-state index >= 15 is 0 Å². The van der Waals surface area contributed by atoms with Crippen LogP contribution in [0.4, 0.5) is 0 Å². The Hall–Kier alpha value is -2.30. The first-order valence-corrected chi connectivity index (χ1v) is 6.61. The smallest absolute Gasteiger partial charge is 0.271 e. The van der Waals surface area contributed by atoms with Crippen LogP contribution >= 0.6 is 0 Å². The molecule has 0 bridgehead atoms. The average Bonchev–Trinajstić information content (AvgIpc) is 2.84. The van der Waals surface area contributed by atoms with Crippen molar-refractivity contribution in [3.8, 4) is 5.75 Å². The maximum absolute atomic E-state index is 11.6. The molecule has 5 heteroatoms. The molecule has 0 saturated heterocycles. The molecule has 0 atom stereocenters. The fraction of sp³-hybridized carbons (Fsp3) is 0.333. The van der Waals surface area contributed by atoms with Crippen molar-refractivity contribution in [2.45, 2.75) is 27.5 Å². The first-order chi connectivity index (χ1) is 9.58. The number of hydrogen-bond acceptors (Lipinski definition) is 3. The van der Waals surface area contributed by atoms with E-state index in [1.54, 1.807) is 16.9 Å². The highest BCUT2D eigenvalue weighted by Crippen LogP contribution is 2.16. The van der Waals surface area contributed by atoms with E-state index < -0.39 is 0 Å². The van der Waals surface area contributed by atoms with Gasteiger partial charge in [0.2, 0.25) is 0 Å². The largest absolute Gasteiger partial charge is 0.471 e. The molecular formula is C15H19N3O2. The number of amides is 1. The number of ether oxygens (including phenoxy) is 1. The standard InChI is InChI=1S/C15H19N3O2/c1-4-16-15(19)14-5-6-18(17-14)10-20-13-8-11(2)7-12(3)9-13/h5-9H,4,10H2,1-3H3,(H,16,19). The van der Waals surface area contributed by atoms with Crippen LogP contribution in [0.25, 0.3) is 0 Å². The van der Waals surface area contributed by atoms with Crippen molar-refractivity contribution in [3.05, 3.63) is 47.3 Å². The van der Waals surface area contributed by atoms with Gasteiger partial charge in [0.1, 0.15) is 11.4 Å². The molecular weight excluding hydrogens is 254 g/mol. The van der Waals surface area contributed by atoms with Crippen molar-refractivity contribution in [2.75, 3.05) is 6.54 Å². The van der Waals surface area contributed by atoms with Gasteiger partial charge >= 0.3 is 0 Å². The van der Waals surface area contributed by atoms with Crippen LogP contribution in [0.5, 0.6) is 5.75 Å². The van der Waals surface area contributed by atoms with Gasteiger partial charge in [0.25, 0.3) is 5.91 Å². The number of nitrogens with one attached hydrogen (secondary N) is 1. The molecule has 2 aromatic rings. The number of aryl methyl sites for hydroxylation is 2. The summed E-state index contributed by atoms with van der Waals surface area (Å²) in [4.78, 5) is 11.6. The number of carbonyl (C=O) groups excluding carboxylic acids is 1. The minimum atomic E-state index is -0.169. The van der Waals surface area contributed by atoms with Crippen molar-refractivity contribution in [3.63, 3.8) is 0 Å². The molecule has 0 aliphatic rings. The van der Waals surface area contributed by atoms with E-state index in [0.29, 0.717) is 12.2 Å². The lowest BCUT2D eigenvalue weighted by atomic mass is 10.1. The molecule has 1 amide bonds. The van der Waals surface area contributed by atoms with E-state index in [2.05, 4.69) is 16.5 Å². The van der Waals surface area contributed by atoms with Crippen LogP contribution in [0, 0.1) is 13.8 Å². The minimum Gasteiger partial charge on any atom is -0.471 e. The summed E-state index contributed by atoms with van der Waals surface area (Å²) in [6, 6.07) is 7.71. The molecule has 0 fully saturated rings. The summed E-state index contributed by atoms with van der Waals surface area (Å²) in [7, 11) is 0. The first kappa shape index (κ1) is 14.1. The molecule has 1 N–H and O–H groups in total. The van der Waals surface area contributed by atoms with Crippen LogP contribution in [0.15, 0.2) is 30.5 Å². The van der Waals surface area contributed by atoms with Gasteiger partial charge in [-0.05, 0) is 50.1 Å². The molecule has 1 aromatic carbocycles. The summed E-state index contributed by atoms with van der Waals surface area (Å²) in [6.45, 7) is 6.80. The molecule has 0 radical (unpaired) electrons. The Morgan fingerprint density at radius 1 is 1.30 bits per heavy atom. The van der Waals surface area contributed by atoms with Gasteiger partial charge in [0.05, 0.1) is 0 Å². The highest BCUT2D eigenvalue weighted by atomic mass is 16.5. The zero-order valence-electron chi connectivity index (χ0n) is 12.0. The summed E-state index contributed by atoms with van der Waals surface area (Å²) in [5.74, 6) is 0.634. The zero-order chi connectivity index (χ0) is 14.5. The van der Waals surface area contributed by atoms with Crippen molar-refractivity contribution in [1.82, 2.24) is 15.1 Å². The van der Waals surface area contributed by atoms with Crippen LogP contribution < -0.4 is 10.1 Å². The molecule has 5 nitrogen and oxygen atoms in total. The molecule has 0 aliphatic carbocycles. The van der Waals surface area contributed by atoms with Crippen molar-refractivity contribution < 1.29 is 9.53 Å². The third-order valence-corrected chi connectivity index (χ3v) is 2.77. The molecule has 2 rings (SSSR count). The molecule has 0 unspecified atom stereocenters. The Bertz CT molecular complexity index is 585. The highest BCUT2D eigenvalue weighted by molar-refractivity contribution is 5.92.